The van der Waals surface area contributed by atoms with E-state index in [1.807, 2.05) is 13.8 Å². The van der Waals surface area contributed by atoms with Crippen molar-refractivity contribution < 1.29 is 27.4 Å². The predicted molar refractivity (Wildman–Crippen MR) is 139 cm³/mol. The van der Waals surface area contributed by atoms with Crippen LogP contribution in [0.15, 0.2) is 70.6 Å². The van der Waals surface area contributed by atoms with Crippen LogP contribution in [0, 0.1) is 0 Å². The first-order valence-corrected chi connectivity index (χ1v) is 11.8. The van der Waals surface area contributed by atoms with E-state index in [2.05, 4.69) is 10.1 Å². The van der Waals surface area contributed by atoms with E-state index in [0.29, 0.717) is 28.3 Å². The molecule has 0 aliphatic rings. The number of hydrogen-bond acceptors (Lipinski definition) is 6. The average Bonchev–Trinajstić information content (AvgIpc) is 2.92. The highest BCUT2D eigenvalue weighted by molar-refractivity contribution is 5.84. The summed E-state index contributed by atoms with van der Waals surface area (Å²) in [4.78, 5) is 17.9. The maximum Gasteiger partial charge on any atom is 0.416 e. The zero-order valence-electron chi connectivity index (χ0n) is 21.2. The van der Waals surface area contributed by atoms with Crippen molar-refractivity contribution in [3.05, 3.63) is 82.1 Å². The van der Waals surface area contributed by atoms with Crippen LogP contribution in [-0.2, 0) is 6.18 Å². The lowest BCUT2D eigenvalue weighted by atomic mass is 10.1. The molecule has 0 amide bonds. The van der Waals surface area contributed by atoms with Crippen molar-refractivity contribution in [2.75, 3.05) is 14.2 Å². The quantitative estimate of drug-likeness (QED) is 0.258. The molecule has 38 heavy (non-hydrogen) atoms. The number of para-hydroxylation sites is 1. The topological polar surface area (TPSA) is 74.9 Å². The normalized spacial score (nSPS) is 12.6. The summed E-state index contributed by atoms with van der Waals surface area (Å²) in [7, 11) is 2.98. The van der Waals surface area contributed by atoms with Gasteiger partial charge in [-0.1, -0.05) is 31.2 Å². The molecule has 0 spiro atoms. The van der Waals surface area contributed by atoms with Crippen LogP contribution in [0.25, 0.3) is 22.3 Å². The summed E-state index contributed by atoms with van der Waals surface area (Å²) in [6.07, 6.45) is -2.50. The number of hydrogen-bond donors (Lipinski definition) is 0. The van der Waals surface area contributed by atoms with Gasteiger partial charge in [0.1, 0.15) is 0 Å². The number of nitrogens with zero attached hydrogens (tertiary/aromatic N) is 3. The Labute approximate surface area is 217 Å². The Morgan fingerprint density at radius 3 is 2.34 bits per heavy atom. The summed E-state index contributed by atoms with van der Waals surface area (Å²) in [5.41, 5.74) is -0.460. The number of aromatic nitrogens is 2. The van der Waals surface area contributed by atoms with Crippen molar-refractivity contribution in [3.63, 3.8) is 0 Å². The molecule has 4 aromatic rings. The molecule has 10 heteroatoms. The second kappa shape index (κ2) is 11.0. The van der Waals surface area contributed by atoms with Crippen molar-refractivity contribution in [1.82, 2.24) is 9.66 Å². The second-order valence-electron chi connectivity index (χ2n) is 8.48. The van der Waals surface area contributed by atoms with Crippen molar-refractivity contribution in [2.24, 2.45) is 5.10 Å². The van der Waals surface area contributed by atoms with Gasteiger partial charge in [-0.2, -0.15) is 22.9 Å². The van der Waals surface area contributed by atoms with Gasteiger partial charge in [-0.05, 0) is 49.7 Å². The molecule has 1 heterocycles. The molecule has 0 radical (unpaired) electrons. The summed E-state index contributed by atoms with van der Waals surface area (Å²) in [6.45, 7) is 3.91. The van der Waals surface area contributed by atoms with Gasteiger partial charge in [0.25, 0.3) is 5.56 Å². The Kier molecular flexibility index (Phi) is 7.70. The van der Waals surface area contributed by atoms with Gasteiger partial charge in [0.15, 0.2) is 17.3 Å². The highest BCUT2D eigenvalue weighted by atomic mass is 19.4. The minimum absolute atomic E-state index is 0.0355. The fourth-order valence-corrected chi connectivity index (χ4v) is 3.75. The van der Waals surface area contributed by atoms with Crippen LogP contribution in [0.5, 0.6) is 17.2 Å². The van der Waals surface area contributed by atoms with Crippen LogP contribution in [0.1, 0.15) is 31.4 Å². The van der Waals surface area contributed by atoms with Crippen molar-refractivity contribution in [2.45, 2.75) is 32.5 Å². The first kappa shape index (κ1) is 26.7. The Bertz CT molecular complexity index is 1520. The van der Waals surface area contributed by atoms with Gasteiger partial charge < -0.3 is 14.2 Å². The number of rotatable bonds is 8. The van der Waals surface area contributed by atoms with E-state index < -0.39 is 17.3 Å². The lowest BCUT2D eigenvalue weighted by Crippen LogP contribution is -2.20. The number of methoxy groups -OCH3 is 2. The van der Waals surface area contributed by atoms with Gasteiger partial charge >= 0.3 is 6.18 Å². The molecular weight excluding hydrogens is 499 g/mol. The third-order valence-corrected chi connectivity index (χ3v) is 5.90. The molecule has 4 rings (SSSR count). The molecule has 0 aliphatic heterocycles. The largest absolute Gasteiger partial charge is 0.493 e. The molecule has 7 nitrogen and oxygen atoms in total. The zero-order valence-corrected chi connectivity index (χ0v) is 21.2. The fraction of sp³-hybridized carbons (Fsp3) is 0.250. The summed E-state index contributed by atoms with van der Waals surface area (Å²) in [6, 6.07) is 14.5. The molecule has 0 bridgehead atoms. The standard InChI is InChI=1S/C28H26F3N3O4/c1-5-17(2)38-25-23(36-3)13-18(14-24(25)37-4)16-32-34-26(19-9-8-10-20(15-19)28(29,30)31)33-22-12-7-6-11-21(22)27(34)35/h6-17H,5H2,1-4H3/t17-/m0/s1. The second-order valence-corrected chi connectivity index (χ2v) is 8.48. The minimum Gasteiger partial charge on any atom is -0.493 e. The van der Waals surface area contributed by atoms with Crippen LogP contribution < -0.4 is 19.8 Å². The van der Waals surface area contributed by atoms with Gasteiger partial charge in [-0.15, -0.1) is 0 Å². The molecule has 0 unspecified atom stereocenters. The maximum atomic E-state index is 13.4. The molecule has 0 saturated heterocycles. The molecule has 0 saturated carbocycles. The van der Waals surface area contributed by atoms with Crippen molar-refractivity contribution in [1.29, 1.82) is 0 Å². The first-order chi connectivity index (χ1) is 18.2. The Morgan fingerprint density at radius 2 is 1.71 bits per heavy atom. The molecule has 1 aromatic heterocycles. The van der Waals surface area contributed by atoms with Crippen LogP contribution in [0.4, 0.5) is 13.2 Å². The first-order valence-electron chi connectivity index (χ1n) is 11.8. The summed E-state index contributed by atoms with van der Waals surface area (Å²) >= 11 is 0. The maximum absolute atomic E-state index is 13.4. The molecular formula is C28H26F3N3O4. The van der Waals surface area contributed by atoms with Crippen LogP contribution >= 0.6 is 0 Å². The molecule has 3 aromatic carbocycles. The van der Waals surface area contributed by atoms with Crippen molar-refractivity contribution >= 4 is 17.1 Å². The smallest absolute Gasteiger partial charge is 0.416 e. The Hall–Kier alpha value is -4.34. The third kappa shape index (κ3) is 5.49. The third-order valence-electron chi connectivity index (χ3n) is 5.90. The van der Waals surface area contributed by atoms with E-state index in [-0.39, 0.29) is 22.9 Å². The SMILES string of the molecule is CC[C@H](C)Oc1c(OC)cc(C=Nn2c(-c3cccc(C(F)(F)F)c3)nc3ccccc3c2=O)cc1OC. The highest BCUT2D eigenvalue weighted by Gasteiger charge is 2.31. The molecule has 0 aliphatic carbocycles. The summed E-state index contributed by atoms with van der Waals surface area (Å²) in [5, 5.41) is 4.61. The monoisotopic (exact) mass is 525 g/mol. The van der Waals surface area contributed by atoms with E-state index in [0.717, 1.165) is 23.2 Å². The predicted octanol–water partition coefficient (Wildman–Crippen LogP) is 6.16. The summed E-state index contributed by atoms with van der Waals surface area (Å²) in [5.74, 6) is 1.18. The lowest BCUT2D eigenvalue weighted by molar-refractivity contribution is -0.137. The number of alkyl halides is 3. The van der Waals surface area contributed by atoms with Gasteiger partial charge in [0.2, 0.25) is 5.75 Å². The Balaban J connectivity index is 1.88. The molecule has 0 fully saturated rings. The van der Waals surface area contributed by atoms with Crippen molar-refractivity contribution in [3.8, 4) is 28.6 Å². The van der Waals surface area contributed by atoms with Crippen LogP contribution in [0.3, 0.4) is 0 Å². The number of benzene rings is 3. The van der Waals surface area contributed by atoms with E-state index >= 15 is 0 Å². The van der Waals surface area contributed by atoms with Gasteiger partial charge in [-0.3, -0.25) is 4.79 Å². The van der Waals surface area contributed by atoms with Crippen LogP contribution in [0.2, 0.25) is 0 Å². The van der Waals surface area contributed by atoms with E-state index in [1.165, 1.54) is 32.6 Å². The molecule has 198 valence electrons. The number of fused-ring (bicyclic) bond motifs is 1. The number of halogens is 3. The van der Waals surface area contributed by atoms with E-state index in [1.54, 1.807) is 36.4 Å². The fourth-order valence-electron chi connectivity index (χ4n) is 3.75. The molecule has 0 N–H and O–H groups in total. The van der Waals surface area contributed by atoms with E-state index in [4.69, 9.17) is 14.2 Å². The summed E-state index contributed by atoms with van der Waals surface area (Å²) < 4.78 is 58.2. The highest BCUT2D eigenvalue weighted by Crippen LogP contribution is 2.39. The number of ether oxygens (including phenoxy) is 3. The minimum atomic E-state index is -4.56. The van der Waals surface area contributed by atoms with Gasteiger partial charge in [0, 0.05) is 11.1 Å². The van der Waals surface area contributed by atoms with Gasteiger partial charge in [0.05, 0.1) is 43.0 Å². The van der Waals surface area contributed by atoms with Gasteiger partial charge in [-0.25, -0.2) is 4.98 Å². The Morgan fingerprint density at radius 1 is 1.03 bits per heavy atom. The zero-order chi connectivity index (χ0) is 27.4. The van der Waals surface area contributed by atoms with E-state index in [9.17, 15) is 18.0 Å². The molecule has 1 atom stereocenters. The lowest BCUT2D eigenvalue weighted by Gasteiger charge is -2.18. The van der Waals surface area contributed by atoms with Crippen LogP contribution in [-0.4, -0.2) is 36.2 Å². The average molecular weight is 526 g/mol.